The van der Waals surface area contributed by atoms with Crippen molar-refractivity contribution in [3.05, 3.63) is 29.8 Å². The second-order valence-corrected chi connectivity index (χ2v) is 7.97. The minimum absolute atomic E-state index is 0.125. The molecule has 2 aliphatic rings. The molecule has 3 rings (SSSR count). The standard InChI is InChI=1S/C22H33NO4/c24-11-1-9-23-10-2-12-26-21-7-4-17(5-8-21)15-22(25)27-16-20-14-18-3-6-19(20)13-18/h4-5,7-8,18-20,23-24H,1-3,6,9-16H2. The molecule has 0 amide bonds. The first-order valence-corrected chi connectivity index (χ1v) is 10.4. The molecule has 1 aromatic rings. The molecule has 1 aromatic carbocycles. The van der Waals surface area contributed by atoms with Crippen molar-refractivity contribution in [2.24, 2.45) is 17.8 Å². The minimum atomic E-state index is -0.125. The van der Waals surface area contributed by atoms with Crippen LogP contribution in [0.3, 0.4) is 0 Å². The molecule has 0 radical (unpaired) electrons. The highest BCUT2D eigenvalue weighted by Gasteiger charge is 2.39. The van der Waals surface area contributed by atoms with Gasteiger partial charge in [-0.05, 0) is 80.6 Å². The van der Waals surface area contributed by atoms with Gasteiger partial charge in [0.1, 0.15) is 5.75 Å². The Morgan fingerprint density at radius 2 is 1.93 bits per heavy atom. The van der Waals surface area contributed by atoms with Crippen LogP contribution in [0.25, 0.3) is 0 Å². The molecule has 2 bridgehead atoms. The van der Waals surface area contributed by atoms with Gasteiger partial charge < -0.3 is 19.9 Å². The van der Waals surface area contributed by atoms with Crippen molar-refractivity contribution >= 4 is 5.97 Å². The summed E-state index contributed by atoms with van der Waals surface area (Å²) < 4.78 is 11.2. The predicted molar refractivity (Wildman–Crippen MR) is 105 cm³/mol. The predicted octanol–water partition coefficient (Wildman–Crippen LogP) is 2.95. The molecule has 3 atom stereocenters. The van der Waals surface area contributed by atoms with E-state index in [9.17, 15) is 4.79 Å². The van der Waals surface area contributed by atoms with E-state index in [2.05, 4.69) is 5.32 Å². The largest absolute Gasteiger partial charge is 0.494 e. The molecule has 0 aromatic heterocycles. The number of aliphatic hydroxyl groups is 1. The Morgan fingerprint density at radius 1 is 1.11 bits per heavy atom. The number of esters is 1. The van der Waals surface area contributed by atoms with Gasteiger partial charge >= 0.3 is 5.97 Å². The fourth-order valence-electron chi connectivity index (χ4n) is 4.42. The fourth-order valence-corrected chi connectivity index (χ4v) is 4.42. The maximum Gasteiger partial charge on any atom is 0.310 e. The molecule has 150 valence electrons. The van der Waals surface area contributed by atoms with Gasteiger partial charge in [-0.3, -0.25) is 4.79 Å². The lowest BCUT2D eigenvalue weighted by Gasteiger charge is -2.21. The summed E-state index contributed by atoms with van der Waals surface area (Å²) in [5, 5.41) is 12.0. The molecule has 2 N–H and O–H groups in total. The SMILES string of the molecule is O=C(Cc1ccc(OCCCNCCCO)cc1)OCC1CC2CCC1C2. The number of nitrogens with one attached hydrogen (secondary N) is 1. The van der Waals surface area contributed by atoms with Gasteiger partial charge in [0, 0.05) is 6.61 Å². The van der Waals surface area contributed by atoms with Gasteiger partial charge in [0.25, 0.3) is 0 Å². The van der Waals surface area contributed by atoms with Gasteiger partial charge in [0.15, 0.2) is 0 Å². The summed E-state index contributed by atoms with van der Waals surface area (Å²) in [6.45, 7) is 3.20. The zero-order valence-corrected chi connectivity index (χ0v) is 16.2. The van der Waals surface area contributed by atoms with Crippen LogP contribution >= 0.6 is 0 Å². The number of carbonyl (C=O) groups is 1. The molecule has 5 nitrogen and oxygen atoms in total. The van der Waals surface area contributed by atoms with Crippen LogP contribution in [0.5, 0.6) is 5.75 Å². The fraction of sp³-hybridized carbons (Fsp3) is 0.682. The third kappa shape index (κ3) is 6.51. The van der Waals surface area contributed by atoms with E-state index in [0.29, 0.717) is 25.6 Å². The van der Waals surface area contributed by atoms with E-state index < -0.39 is 0 Å². The van der Waals surface area contributed by atoms with Crippen molar-refractivity contribution in [2.45, 2.75) is 44.9 Å². The molecule has 3 unspecified atom stereocenters. The monoisotopic (exact) mass is 375 g/mol. The second-order valence-electron chi connectivity index (χ2n) is 7.97. The molecule has 0 saturated heterocycles. The quantitative estimate of drug-likeness (QED) is 0.434. The van der Waals surface area contributed by atoms with Crippen molar-refractivity contribution < 1.29 is 19.4 Å². The molecular formula is C22H33NO4. The first-order valence-electron chi connectivity index (χ1n) is 10.4. The summed E-state index contributed by atoms with van der Waals surface area (Å²) in [5.74, 6) is 2.98. The smallest absolute Gasteiger partial charge is 0.310 e. The molecule has 2 saturated carbocycles. The summed E-state index contributed by atoms with van der Waals surface area (Å²) in [5.41, 5.74) is 0.964. The van der Waals surface area contributed by atoms with Gasteiger partial charge in [-0.2, -0.15) is 0 Å². The Hall–Kier alpha value is -1.59. The van der Waals surface area contributed by atoms with Crippen molar-refractivity contribution in [1.82, 2.24) is 5.32 Å². The molecule has 0 spiro atoms. The minimum Gasteiger partial charge on any atom is -0.494 e. The van der Waals surface area contributed by atoms with Crippen molar-refractivity contribution in [1.29, 1.82) is 0 Å². The molecular weight excluding hydrogens is 342 g/mol. The van der Waals surface area contributed by atoms with Gasteiger partial charge in [0.05, 0.1) is 19.6 Å². The normalized spacial score (nSPS) is 23.5. The first kappa shape index (κ1) is 20.2. The highest BCUT2D eigenvalue weighted by molar-refractivity contribution is 5.72. The summed E-state index contributed by atoms with van der Waals surface area (Å²) in [6, 6.07) is 7.71. The van der Waals surface area contributed by atoms with Crippen LogP contribution in [0.2, 0.25) is 0 Å². The van der Waals surface area contributed by atoms with Gasteiger partial charge in [0.2, 0.25) is 0 Å². The molecule has 2 aliphatic carbocycles. The van der Waals surface area contributed by atoms with Gasteiger partial charge in [-0.25, -0.2) is 0 Å². The van der Waals surface area contributed by atoms with E-state index in [4.69, 9.17) is 14.6 Å². The van der Waals surface area contributed by atoms with Crippen LogP contribution in [-0.2, 0) is 16.0 Å². The second kappa shape index (κ2) is 10.7. The zero-order chi connectivity index (χ0) is 18.9. The van der Waals surface area contributed by atoms with Gasteiger partial charge in [-0.1, -0.05) is 18.6 Å². The maximum absolute atomic E-state index is 12.1. The van der Waals surface area contributed by atoms with Crippen LogP contribution in [0.4, 0.5) is 0 Å². The van der Waals surface area contributed by atoms with E-state index in [1.165, 1.54) is 25.7 Å². The Morgan fingerprint density at radius 3 is 2.63 bits per heavy atom. The number of hydrogen-bond donors (Lipinski definition) is 2. The zero-order valence-electron chi connectivity index (χ0n) is 16.2. The van der Waals surface area contributed by atoms with E-state index >= 15 is 0 Å². The van der Waals surface area contributed by atoms with E-state index in [-0.39, 0.29) is 12.6 Å². The molecule has 27 heavy (non-hydrogen) atoms. The number of benzene rings is 1. The Labute approximate surface area is 162 Å². The summed E-state index contributed by atoms with van der Waals surface area (Å²) in [6.07, 6.45) is 7.34. The Kier molecular flexibility index (Phi) is 7.96. The Bertz CT molecular complexity index is 574. The molecule has 0 aliphatic heterocycles. The highest BCUT2D eigenvalue weighted by atomic mass is 16.5. The van der Waals surface area contributed by atoms with Crippen molar-refractivity contribution in [2.75, 3.05) is 32.9 Å². The summed E-state index contributed by atoms with van der Waals surface area (Å²) in [7, 11) is 0. The van der Waals surface area contributed by atoms with Gasteiger partial charge in [-0.15, -0.1) is 0 Å². The van der Waals surface area contributed by atoms with Crippen LogP contribution in [0.15, 0.2) is 24.3 Å². The van der Waals surface area contributed by atoms with Crippen LogP contribution in [0.1, 0.15) is 44.1 Å². The summed E-state index contributed by atoms with van der Waals surface area (Å²) in [4.78, 5) is 12.1. The lowest BCUT2D eigenvalue weighted by molar-refractivity contribution is -0.144. The molecule has 2 fully saturated rings. The lowest BCUT2D eigenvalue weighted by atomic mass is 9.89. The van der Waals surface area contributed by atoms with Crippen LogP contribution in [0, 0.1) is 17.8 Å². The number of fused-ring (bicyclic) bond motifs is 2. The van der Waals surface area contributed by atoms with E-state index in [1.54, 1.807) is 0 Å². The lowest BCUT2D eigenvalue weighted by Crippen LogP contribution is -2.20. The highest BCUT2D eigenvalue weighted by Crippen LogP contribution is 2.48. The van der Waals surface area contributed by atoms with Crippen LogP contribution < -0.4 is 10.1 Å². The number of aliphatic hydroxyl groups excluding tert-OH is 1. The number of hydrogen-bond acceptors (Lipinski definition) is 5. The molecule has 5 heteroatoms. The average molecular weight is 376 g/mol. The number of rotatable bonds is 12. The van der Waals surface area contributed by atoms with E-state index in [1.807, 2.05) is 24.3 Å². The number of carbonyl (C=O) groups excluding carboxylic acids is 1. The maximum atomic E-state index is 12.1. The van der Waals surface area contributed by atoms with Crippen molar-refractivity contribution in [3.8, 4) is 5.75 Å². The first-order chi connectivity index (χ1) is 13.2. The van der Waals surface area contributed by atoms with Crippen molar-refractivity contribution in [3.63, 3.8) is 0 Å². The topological polar surface area (TPSA) is 67.8 Å². The summed E-state index contributed by atoms with van der Waals surface area (Å²) >= 11 is 0. The van der Waals surface area contributed by atoms with Crippen LogP contribution in [-0.4, -0.2) is 44.0 Å². The average Bonchev–Trinajstić information content (AvgIpc) is 3.30. The molecule has 0 heterocycles. The van der Waals surface area contributed by atoms with E-state index in [0.717, 1.165) is 49.1 Å². The Balaban J connectivity index is 1.28. The third-order valence-electron chi connectivity index (χ3n) is 5.89. The third-order valence-corrected chi connectivity index (χ3v) is 5.89. The number of ether oxygens (including phenoxy) is 2.